The first-order valence-corrected chi connectivity index (χ1v) is 14.7. The van der Waals surface area contributed by atoms with Crippen LogP contribution in [0.5, 0.6) is 0 Å². The number of hydrogen-bond donors (Lipinski definition) is 0. The van der Waals surface area contributed by atoms with E-state index in [1.54, 1.807) is 78.9 Å². The lowest BCUT2D eigenvalue weighted by Gasteiger charge is -2.19. The van der Waals surface area contributed by atoms with Gasteiger partial charge < -0.3 is 0 Å². The molecule has 0 spiro atoms. The Morgan fingerprint density at radius 3 is 2.03 bits per heavy atom. The van der Waals surface area contributed by atoms with Crippen LogP contribution in [-0.2, 0) is 19.8 Å². The molecular weight excluding hydrogens is 478 g/mol. The zero-order chi connectivity index (χ0) is 25.3. The molecule has 0 saturated carbocycles. The number of carbonyl (C=O) groups excluding carboxylic acids is 1. The molecule has 0 amide bonds. The Morgan fingerprint density at radius 2 is 1.43 bits per heavy atom. The highest BCUT2D eigenvalue weighted by molar-refractivity contribution is 8.04. The summed E-state index contributed by atoms with van der Waals surface area (Å²) in [5, 5.41) is -1.27. The number of Topliss-reactive ketones (excluding diaryl/α,β-unsaturated/α-hetero) is 1. The summed E-state index contributed by atoms with van der Waals surface area (Å²) in [5.74, 6) is -0.436. The van der Waals surface area contributed by atoms with Crippen molar-refractivity contribution in [2.45, 2.75) is 54.6 Å². The van der Waals surface area contributed by atoms with Crippen molar-refractivity contribution in [3.8, 4) is 0 Å². The van der Waals surface area contributed by atoms with E-state index in [0.717, 1.165) is 24.8 Å². The highest BCUT2D eigenvalue weighted by Crippen LogP contribution is 2.27. The molecule has 5 nitrogen and oxygen atoms in total. The van der Waals surface area contributed by atoms with Crippen molar-refractivity contribution in [1.82, 2.24) is 0 Å². The first-order chi connectivity index (χ1) is 16.8. The Balaban J connectivity index is 2.22. The maximum atomic E-state index is 14.7. The Morgan fingerprint density at radius 1 is 0.829 bits per heavy atom. The Bertz CT molecular complexity index is 1370. The lowest BCUT2D eigenvalue weighted by molar-refractivity contribution is 0.0999. The summed E-state index contributed by atoms with van der Waals surface area (Å²) in [4.78, 5) is 13.8. The average Bonchev–Trinajstić information content (AvgIpc) is 2.87. The van der Waals surface area contributed by atoms with Crippen molar-refractivity contribution in [1.29, 1.82) is 0 Å². The van der Waals surface area contributed by atoms with Gasteiger partial charge in [0.15, 0.2) is 5.78 Å². The number of ketones is 1. The summed E-state index contributed by atoms with van der Waals surface area (Å²) in [5.41, 5.74) is 1.24. The molecule has 7 heteroatoms. The van der Waals surface area contributed by atoms with E-state index >= 15 is 0 Å². The fourth-order valence-corrected chi connectivity index (χ4v) is 7.88. The predicted molar refractivity (Wildman–Crippen MR) is 141 cm³/mol. The molecule has 2 unspecified atom stereocenters. The summed E-state index contributed by atoms with van der Waals surface area (Å²) in [6.07, 6.45) is 7.09. The molecular formula is C28H31NO4S2. The number of sulfonamides is 1. The fourth-order valence-electron chi connectivity index (χ4n) is 3.59. The van der Waals surface area contributed by atoms with Crippen LogP contribution in [0.4, 0.5) is 0 Å². The maximum Gasteiger partial charge on any atom is 0.290 e. The van der Waals surface area contributed by atoms with Crippen LogP contribution in [0.3, 0.4) is 0 Å². The molecule has 0 aliphatic carbocycles. The largest absolute Gasteiger partial charge is 0.292 e. The van der Waals surface area contributed by atoms with Gasteiger partial charge in [-0.3, -0.25) is 4.79 Å². The molecule has 0 heterocycles. The van der Waals surface area contributed by atoms with Gasteiger partial charge in [-0.1, -0.05) is 98.1 Å². The van der Waals surface area contributed by atoms with E-state index < -0.39 is 30.8 Å². The zero-order valence-electron chi connectivity index (χ0n) is 20.0. The van der Waals surface area contributed by atoms with Crippen molar-refractivity contribution in [3.05, 3.63) is 108 Å². The lowest BCUT2D eigenvalue weighted by Crippen LogP contribution is -2.29. The molecule has 0 fully saturated rings. The highest BCUT2D eigenvalue weighted by Gasteiger charge is 2.33. The molecule has 0 radical (unpaired) electrons. The monoisotopic (exact) mass is 509 g/mol. The zero-order valence-corrected chi connectivity index (χ0v) is 21.7. The standard InChI is InChI=1S/C28H31NO4S2/c1-3-4-5-6-13-18-27(28(30)24-14-9-7-10-15-24)34(31,25-16-11-8-12-17-25)29-35(32,33)26-21-19-23(2)20-22-26/h7-22,27H,3-6H2,1-2H3/b18-13+. The Hall–Kier alpha value is -3.03. The van der Waals surface area contributed by atoms with Gasteiger partial charge in [-0.2, -0.15) is 8.42 Å². The number of benzene rings is 3. The second-order valence-electron chi connectivity index (χ2n) is 8.32. The van der Waals surface area contributed by atoms with Gasteiger partial charge in [-0.05, 0) is 44.0 Å². The van der Waals surface area contributed by atoms with E-state index in [2.05, 4.69) is 10.7 Å². The van der Waals surface area contributed by atoms with Crippen LogP contribution in [0.1, 0.15) is 48.5 Å². The van der Waals surface area contributed by atoms with Crippen molar-refractivity contribution >= 4 is 25.5 Å². The SMILES string of the molecule is CCCCC/C=C/C(C(=O)c1ccccc1)S(=O)(=NS(=O)(=O)c1ccc(C)cc1)c1ccccc1. The van der Waals surface area contributed by atoms with E-state index in [1.165, 1.54) is 12.1 Å². The molecule has 3 aromatic rings. The van der Waals surface area contributed by atoms with E-state index in [-0.39, 0.29) is 9.79 Å². The second kappa shape index (κ2) is 12.1. The number of hydrogen-bond acceptors (Lipinski definition) is 4. The molecule has 0 aliphatic heterocycles. The van der Waals surface area contributed by atoms with E-state index in [9.17, 15) is 17.4 Å². The number of carbonyl (C=O) groups is 1. The summed E-state index contributed by atoms with van der Waals surface area (Å²) in [7, 11) is -8.08. The number of unbranched alkanes of at least 4 members (excludes halogenated alkanes) is 3. The van der Waals surface area contributed by atoms with Gasteiger partial charge in [0, 0.05) is 10.5 Å². The minimum atomic E-state index is -4.32. The van der Waals surface area contributed by atoms with Crippen LogP contribution >= 0.6 is 0 Å². The normalized spacial score (nSPS) is 14.3. The van der Waals surface area contributed by atoms with Crippen LogP contribution in [0.15, 0.2) is 111 Å². The Kier molecular flexibility index (Phi) is 9.18. The molecule has 0 aromatic heterocycles. The van der Waals surface area contributed by atoms with Crippen molar-refractivity contribution < 1.29 is 17.4 Å². The molecule has 0 aliphatic rings. The van der Waals surface area contributed by atoms with Gasteiger partial charge in [0.05, 0.1) is 4.90 Å². The molecule has 0 saturated heterocycles. The Labute approximate surface area is 209 Å². The van der Waals surface area contributed by atoms with Crippen molar-refractivity contribution in [3.63, 3.8) is 0 Å². The summed E-state index contributed by atoms with van der Waals surface area (Å²) >= 11 is 0. The summed E-state index contributed by atoms with van der Waals surface area (Å²) < 4.78 is 45.3. The van der Waals surface area contributed by atoms with Gasteiger partial charge in [0.25, 0.3) is 10.0 Å². The van der Waals surface area contributed by atoms with Crippen LogP contribution in [0.25, 0.3) is 0 Å². The van der Waals surface area contributed by atoms with E-state index in [1.807, 2.05) is 13.0 Å². The number of allylic oxidation sites excluding steroid dienone is 1. The van der Waals surface area contributed by atoms with Gasteiger partial charge >= 0.3 is 0 Å². The third-order valence-corrected chi connectivity index (χ3v) is 10.1. The van der Waals surface area contributed by atoms with Crippen LogP contribution in [-0.4, -0.2) is 23.7 Å². The quantitative estimate of drug-likeness (QED) is 0.166. The van der Waals surface area contributed by atoms with Gasteiger partial charge in [-0.15, -0.1) is 3.77 Å². The third-order valence-electron chi connectivity index (χ3n) is 5.55. The van der Waals surface area contributed by atoms with Gasteiger partial charge in [0.2, 0.25) is 0 Å². The van der Waals surface area contributed by atoms with Crippen molar-refractivity contribution in [2.24, 2.45) is 3.77 Å². The minimum Gasteiger partial charge on any atom is -0.292 e. The topological polar surface area (TPSA) is 80.6 Å². The maximum absolute atomic E-state index is 14.7. The molecule has 2 atom stereocenters. The molecule has 3 aromatic carbocycles. The molecule has 35 heavy (non-hydrogen) atoms. The third kappa shape index (κ3) is 6.77. The molecule has 3 rings (SSSR count). The van der Waals surface area contributed by atoms with Crippen molar-refractivity contribution in [2.75, 3.05) is 0 Å². The van der Waals surface area contributed by atoms with Crippen LogP contribution < -0.4 is 0 Å². The van der Waals surface area contributed by atoms with E-state index in [0.29, 0.717) is 12.0 Å². The summed E-state index contributed by atoms with van der Waals surface area (Å²) in [6, 6.07) is 22.9. The number of aryl methyl sites for hydroxylation is 1. The predicted octanol–water partition coefficient (Wildman–Crippen LogP) is 6.60. The first kappa shape index (κ1) is 26.6. The van der Waals surface area contributed by atoms with Crippen LogP contribution in [0.2, 0.25) is 0 Å². The summed E-state index contributed by atoms with van der Waals surface area (Å²) in [6.45, 7) is 3.95. The average molecular weight is 510 g/mol. The molecule has 184 valence electrons. The number of rotatable bonds is 11. The second-order valence-corrected chi connectivity index (χ2v) is 12.5. The highest BCUT2D eigenvalue weighted by atomic mass is 32.3. The van der Waals surface area contributed by atoms with Gasteiger partial charge in [0.1, 0.15) is 15.0 Å². The first-order valence-electron chi connectivity index (χ1n) is 11.7. The fraction of sp³-hybridized carbons (Fsp3) is 0.250. The minimum absolute atomic E-state index is 0.0652. The lowest BCUT2D eigenvalue weighted by atomic mass is 10.1. The molecule has 0 N–H and O–H groups in total. The van der Waals surface area contributed by atoms with Gasteiger partial charge in [-0.25, -0.2) is 4.21 Å². The molecule has 0 bridgehead atoms. The number of nitrogens with zero attached hydrogens (tertiary/aromatic N) is 1. The van der Waals surface area contributed by atoms with Crippen LogP contribution in [0, 0.1) is 6.92 Å². The van der Waals surface area contributed by atoms with E-state index in [4.69, 9.17) is 0 Å². The smallest absolute Gasteiger partial charge is 0.290 e.